The normalized spacial score (nSPS) is 11.6. The molecule has 0 saturated carbocycles. The summed E-state index contributed by atoms with van der Waals surface area (Å²) in [6.07, 6.45) is 5.33. The molecule has 0 fully saturated rings. The largest absolute Gasteiger partial charge is 0.462 e. The van der Waals surface area contributed by atoms with Crippen LogP contribution < -0.4 is 0 Å². The highest BCUT2D eigenvalue weighted by Crippen LogP contribution is 2.14. The fraction of sp³-hybridized carbons (Fsp3) is 0.647. The van der Waals surface area contributed by atoms with Crippen LogP contribution in [0.2, 0.25) is 0 Å². The Labute approximate surface area is 128 Å². The highest BCUT2D eigenvalue weighted by molar-refractivity contribution is 5.87. The van der Waals surface area contributed by atoms with Crippen molar-refractivity contribution in [3.05, 3.63) is 24.3 Å². The van der Waals surface area contributed by atoms with Crippen LogP contribution in [0.4, 0.5) is 0 Å². The summed E-state index contributed by atoms with van der Waals surface area (Å²) < 4.78 is 10.4. The molecule has 0 aliphatic rings. The van der Waals surface area contributed by atoms with Crippen molar-refractivity contribution in [2.75, 3.05) is 6.61 Å². The van der Waals surface area contributed by atoms with Crippen LogP contribution in [0.25, 0.3) is 0 Å². The fourth-order valence-electron chi connectivity index (χ4n) is 1.78. The van der Waals surface area contributed by atoms with E-state index in [4.69, 9.17) is 9.47 Å². The maximum Gasteiger partial charge on any atom is 0.333 e. The molecular formula is C17H28O4. The van der Waals surface area contributed by atoms with Gasteiger partial charge >= 0.3 is 11.9 Å². The highest BCUT2D eigenvalue weighted by atomic mass is 16.5. The van der Waals surface area contributed by atoms with Crippen LogP contribution in [-0.4, -0.2) is 24.6 Å². The fourth-order valence-corrected chi connectivity index (χ4v) is 1.78. The standard InChI is InChI=1S/C17H28O4/c1-6-10-15(21-17(19)14(4)5)11-8-7-9-12-20-16(18)13(2)3/h15H,2,4,6-12H2,1,3,5H3. The molecule has 1 atom stereocenters. The smallest absolute Gasteiger partial charge is 0.333 e. The van der Waals surface area contributed by atoms with Crippen molar-refractivity contribution in [1.29, 1.82) is 0 Å². The number of carbonyl (C=O) groups is 2. The molecule has 0 aromatic rings. The molecule has 0 aromatic carbocycles. The van der Waals surface area contributed by atoms with Gasteiger partial charge in [-0.1, -0.05) is 26.5 Å². The molecule has 21 heavy (non-hydrogen) atoms. The first kappa shape index (κ1) is 19.4. The summed E-state index contributed by atoms with van der Waals surface area (Å²) in [5, 5.41) is 0. The van der Waals surface area contributed by atoms with Gasteiger partial charge in [-0.05, 0) is 46.0 Å². The van der Waals surface area contributed by atoms with Crippen molar-refractivity contribution < 1.29 is 19.1 Å². The Morgan fingerprint density at radius 3 is 2.10 bits per heavy atom. The summed E-state index contributed by atoms with van der Waals surface area (Å²) in [5.41, 5.74) is 0.854. The molecule has 0 radical (unpaired) electrons. The monoisotopic (exact) mass is 296 g/mol. The Morgan fingerprint density at radius 2 is 1.57 bits per heavy atom. The minimum atomic E-state index is -0.339. The van der Waals surface area contributed by atoms with Gasteiger partial charge in [-0.2, -0.15) is 0 Å². The van der Waals surface area contributed by atoms with Crippen LogP contribution in [0.3, 0.4) is 0 Å². The van der Waals surface area contributed by atoms with Gasteiger partial charge in [0.2, 0.25) is 0 Å². The molecule has 0 aliphatic heterocycles. The molecule has 0 bridgehead atoms. The van der Waals surface area contributed by atoms with Gasteiger partial charge in [-0.15, -0.1) is 0 Å². The predicted octanol–water partition coefficient (Wildman–Crippen LogP) is 3.95. The van der Waals surface area contributed by atoms with E-state index in [0.29, 0.717) is 17.8 Å². The van der Waals surface area contributed by atoms with E-state index in [1.807, 2.05) is 0 Å². The zero-order chi connectivity index (χ0) is 16.3. The van der Waals surface area contributed by atoms with Crippen molar-refractivity contribution in [1.82, 2.24) is 0 Å². The average molecular weight is 296 g/mol. The number of unbranched alkanes of at least 4 members (excludes halogenated alkanes) is 2. The molecule has 0 spiro atoms. The Hall–Kier alpha value is -1.58. The number of carbonyl (C=O) groups excluding carboxylic acids is 2. The zero-order valence-electron chi connectivity index (χ0n) is 13.6. The molecule has 0 heterocycles. The molecule has 120 valence electrons. The van der Waals surface area contributed by atoms with Crippen molar-refractivity contribution in [2.45, 2.75) is 65.4 Å². The third-order valence-corrected chi connectivity index (χ3v) is 2.98. The summed E-state index contributed by atoms with van der Waals surface area (Å²) >= 11 is 0. The van der Waals surface area contributed by atoms with Crippen LogP contribution in [0, 0.1) is 0 Å². The summed E-state index contributed by atoms with van der Waals surface area (Å²) in [5.74, 6) is -0.655. The molecule has 4 nitrogen and oxygen atoms in total. The molecule has 0 saturated heterocycles. The van der Waals surface area contributed by atoms with Crippen molar-refractivity contribution in [2.24, 2.45) is 0 Å². The van der Waals surface area contributed by atoms with Crippen LogP contribution in [0.15, 0.2) is 24.3 Å². The lowest BCUT2D eigenvalue weighted by atomic mass is 10.1. The zero-order valence-corrected chi connectivity index (χ0v) is 13.6. The lowest BCUT2D eigenvalue weighted by molar-refractivity contribution is -0.145. The van der Waals surface area contributed by atoms with E-state index in [1.54, 1.807) is 13.8 Å². The third kappa shape index (κ3) is 9.88. The third-order valence-electron chi connectivity index (χ3n) is 2.98. The second-order valence-corrected chi connectivity index (χ2v) is 5.36. The maximum atomic E-state index is 11.5. The minimum absolute atomic E-state index is 0.0443. The number of hydrogen-bond acceptors (Lipinski definition) is 4. The lowest BCUT2D eigenvalue weighted by Gasteiger charge is -2.17. The summed E-state index contributed by atoms with van der Waals surface area (Å²) in [4.78, 5) is 22.7. The Balaban J connectivity index is 3.83. The number of hydrogen-bond donors (Lipinski definition) is 0. The van der Waals surface area contributed by atoms with Crippen molar-refractivity contribution in [3.63, 3.8) is 0 Å². The van der Waals surface area contributed by atoms with E-state index < -0.39 is 0 Å². The molecule has 0 aliphatic carbocycles. The van der Waals surface area contributed by atoms with E-state index in [1.165, 1.54) is 0 Å². The van der Waals surface area contributed by atoms with Gasteiger partial charge in [0.25, 0.3) is 0 Å². The van der Waals surface area contributed by atoms with Gasteiger partial charge in [-0.25, -0.2) is 9.59 Å². The van der Waals surface area contributed by atoms with Gasteiger partial charge in [0.15, 0.2) is 0 Å². The van der Waals surface area contributed by atoms with E-state index >= 15 is 0 Å². The van der Waals surface area contributed by atoms with Gasteiger partial charge in [0, 0.05) is 11.1 Å². The highest BCUT2D eigenvalue weighted by Gasteiger charge is 2.13. The van der Waals surface area contributed by atoms with Gasteiger partial charge in [-0.3, -0.25) is 0 Å². The van der Waals surface area contributed by atoms with Gasteiger partial charge < -0.3 is 9.47 Å². The predicted molar refractivity (Wildman–Crippen MR) is 83.8 cm³/mol. The topological polar surface area (TPSA) is 52.6 Å². The van der Waals surface area contributed by atoms with Gasteiger partial charge in [0.1, 0.15) is 6.10 Å². The first-order valence-corrected chi connectivity index (χ1v) is 7.57. The van der Waals surface area contributed by atoms with Crippen LogP contribution in [0.1, 0.15) is 59.3 Å². The second-order valence-electron chi connectivity index (χ2n) is 5.36. The quantitative estimate of drug-likeness (QED) is 0.329. The Kier molecular flexibility index (Phi) is 10.3. The molecule has 0 N–H and O–H groups in total. The molecule has 0 rings (SSSR count). The first-order valence-electron chi connectivity index (χ1n) is 7.57. The van der Waals surface area contributed by atoms with Gasteiger partial charge in [0.05, 0.1) is 6.61 Å². The minimum Gasteiger partial charge on any atom is -0.462 e. The maximum absolute atomic E-state index is 11.5. The van der Waals surface area contributed by atoms with Crippen LogP contribution in [0.5, 0.6) is 0 Å². The SMILES string of the molecule is C=C(C)C(=O)OCCCCCC(CCC)OC(=O)C(=C)C. The van der Waals surface area contributed by atoms with Crippen LogP contribution >= 0.6 is 0 Å². The molecule has 0 amide bonds. The van der Waals surface area contributed by atoms with E-state index in [9.17, 15) is 9.59 Å². The van der Waals surface area contributed by atoms with E-state index in [0.717, 1.165) is 38.5 Å². The van der Waals surface area contributed by atoms with E-state index in [-0.39, 0.29) is 18.0 Å². The number of ether oxygens (including phenoxy) is 2. The average Bonchev–Trinajstić information content (AvgIpc) is 2.41. The summed E-state index contributed by atoms with van der Waals surface area (Å²) in [7, 11) is 0. The molecule has 0 aromatic heterocycles. The first-order chi connectivity index (χ1) is 9.88. The molecular weight excluding hydrogens is 268 g/mol. The summed E-state index contributed by atoms with van der Waals surface area (Å²) in [6, 6.07) is 0. The summed E-state index contributed by atoms with van der Waals surface area (Å²) in [6.45, 7) is 12.9. The number of esters is 2. The molecule has 1 unspecified atom stereocenters. The lowest BCUT2D eigenvalue weighted by Crippen LogP contribution is -2.18. The van der Waals surface area contributed by atoms with Crippen molar-refractivity contribution in [3.8, 4) is 0 Å². The Morgan fingerprint density at radius 1 is 0.952 bits per heavy atom. The number of rotatable bonds is 11. The van der Waals surface area contributed by atoms with Crippen molar-refractivity contribution >= 4 is 11.9 Å². The van der Waals surface area contributed by atoms with Crippen LogP contribution in [-0.2, 0) is 19.1 Å². The second kappa shape index (κ2) is 11.1. The molecule has 4 heteroatoms. The Bertz CT molecular complexity index is 371. The van der Waals surface area contributed by atoms with E-state index in [2.05, 4.69) is 20.1 Å².